The van der Waals surface area contributed by atoms with Gasteiger partial charge in [0.05, 0.1) is 13.0 Å². The molecule has 5 nitrogen and oxygen atoms in total. The second kappa shape index (κ2) is 6.81. The van der Waals surface area contributed by atoms with Crippen LogP contribution in [-0.4, -0.2) is 27.2 Å². The summed E-state index contributed by atoms with van der Waals surface area (Å²) in [7, 11) is 0. The van der Waals surface area contributed by atoms with Crippen LogP contribution in [0.5, 0.6) is 0 Å². The fraction of sp³-hybridized carbons (Fsp3) is 0.214. The van der Waals surface area contributed by atoms with Crippen molar-refractivity contribution in [3.05, 3.63) is 53.9 Å². The van der Waals surface area contributed by atoms with Crippen LogP contribution in [0.1, 0.15) is 11.1 Å². The summed E-state index contributed by atoms with van der Waals surface area (Å²) >= 11 is 4.88. The molecule has 1 aromatic heterocycles. The van der Waals surface area contributed by atoms with Crippen LogP contribution < -0.4 is 11.1 Å². The topological polar surface area (TPSA) is 72.9 Å². The Morgan fingerprint density at radius 2 is 2.10 bits per heavy atom. The second-order valence-corrected chi connectivity index (χ2v) is 4.80. The molecule has 104 valence electrons. The minimum Gasteiger partial charge on any atom is -0.389 e. The summed E-state index contributed by atoms with van der Waals surface area (Å²) < 4.78 is 1.78. The summed E-state index contributed by atoms with van der Waals surface area (Å²) in [5, 5.41) is 6.92. The summed E-state index contributed by atoms with van der Waals surface area (Å²) in [6.07, 6.45) is 3.92. The first-order valence-electron chi connectivity index (χ1n) is 6.28. The number of rotatable bonds is 6. The van der Waals surface area contributed by atoms with E-state index in [4.69, 9.17) is 18.0 Å². The smallest absolute Gasteiger partial charge is 0.224 e. The first kappa shape index (κ1) is 14.2. The number of nitrogens with zero attached hydrogens (tertiary/aromatic N) is 2. The number of aromatic nitrogens is 2. The van der Waals surface area contributed by atoms with Crippen molar-refractivity contribution in [2.75, 3.05) is 6.54 Å². The van der Waals surface area contributed by atoms with E-state index in [9.17, 15) is 4.79 Å². The normalized spacial score (nSPS) is 10.2. The quantitative estimate of drug-likeness (QED) is 0.774. The number of carbonyl (C=O) groups is 1. The van der Waals surface area contributed by atoms with Gasteiger partial charge in [0.1, 0.15) is 4.99 Å². The van der Waals surface area contributed by atoms with Crippen LogP contribution in [-0.2, 0) is 17.8 Å². The lowest BCUT2D eigenvalue weighted by Crippen LogP contribution is -2.28. The van der Waals surface area contributed by atoms with E-state index >= 15 is 0 Å². The average Bonchev–Trinajstić information content (AvgIpc) is 2.92. The van der Waals surface area contributed by atoms with Gasteiger partial charge < -0.3 is 11.1 Å². The predicted octanol–water partition coefficient (Wildman–Crippen LogP) is 0.876. The molecule has 20 heavy (non-hydrogen) atoms. The molecule has 3 N–H and O–H groups in total. The zero-order valence-electron chi connectivity index (χ0n) is 11.0. The molecular weight excluding hydrogens is 272 g/mol. The number of thiocarbonyl (C=S) groups is 1. The van der Waals surface area contributed by atoms with E-state index in [0.29, 0.717) is 24.5 Å². The summed E-state index contributed by atoms with van der Waals surface area (Å²) in [4.78, 5) is 12.1. The molecule has 0 aliphatic rings. The number of nitrogens with two attached hydrogens (primary N) is 1. The molecule has 0 spiro atoms. The molecule has 0 bridgehead atoms. The Hall–Kier alpha value is -2.21. The van der Waals surface area contributed by atoms with Gasteiger partial charge in [-0.3, -0.25) is 9.48 Å². The Kier molecular flexibility index (Phi) is 4.84. The number of benzene rings is 1. The van der Waals surface area contributed by atoms with Gasteiger partial charge in [-0.1, -0.05) is 36.5 Å². The molecule has 2 rings (SSSR count). The zero-order chi connectivity index (χ0) is 14.4. The molecule has 6 heteroatoms. The first-order valence-corrected chi connectivity index (χ1v) is 6.69. The fourth-order valence-electron chi connectivity index (χ4n) is 1.78. The highest BCUT2D eigenvalue weighted by Crippen LogP contribution is 2.05. The molecule has 0 atom stereocenters. The van der Waals surface area contributed by atoms with Crippen molar-refractivity contribution in [2.24, 2.45) is 5.73 Å². The second-order valence-electron chi connectivity index (χ2n) is 4.36. The molecule has 1 amide bonds. The van der Waals surface area contributed by atoms with Crippen molar-refractivity contribution in [3.8, 4) is 0 Å². The number of nitrogens with one attached hydrogen (secondary N) is 1. The van der Waals surface area contributed by atoms with E-state index in [1.807, 2.05) is 36.5 Å². The van der Waals surface area contributed by atoms with Crippen molar-refractivity contribution < 1.29 is 4.79 Å². The van der Waals surface area contributed by atoms with Crippen LogP contribution in [0.3, 0.4) is 0 Å². The number of hydrogen-bond acceptors (Lipinski definition) is 3. The van der Waals surface area contributed by atoms with Gasteiger partial charge in [0.25, 0.3) is 0 Å². The Morgan fingerprint density at radius 3 is 2.70 bits per heavy atom. The highest BCUT2D eigenvalue weighted by Gasteiger charge is 2.03. The molecule has 0 aliphatic carbocycles. The van der Waals surface area contributed by atoms with Gasteiger partial charge in [-0.2, -0.15) is 5.10 Å². The lowest BCUT2D eigenvalue weighted by Gasteiger charge is -2.06. The Labute approximate surface area is 122 Å². The molecule has 0 unspecified atom stereocenters. The summed E-state index contributed by atoms with van der Waals surface area (Å²) in [6.45, 7) is 1.23. The van der Waals surface area contributed by atoms with E-state index in [1.165, 1.54) is 0 Å². The van der Waals surface area contributed by atoms with Crippen LogP contribution in [0.15, 0.2) is 42.7 Å². The maximum Gasteiger partial charge on any atom is 0.224 e. The third-order valence-corrected chi connectivity index (χ3v) is 3.06. The molecule has 0 aliphatic heterocycles. The highest BCUT2D eigenvalue weighted by atomic mass is 32.1. The van der Waals surface area contributed by atoms with Gasteiger partial charge in [0, 0.05) is 24.5 Å². The summed E-state index contributed by atoms with van der Waals surface area (Å²) in [6, 6.07) is 9.23. The van der Waals surface area contributed by atoms with Crippen LogP contribution in [0.4, 0.5) is 0 Å². The van der Waals surface area contributed by atoms with Crippen molar-refractivity contribution in [1.82, 2.24) is 15.1 Å². The fourth-order valence-corrected chi connectivity index (χ4v) is 1.91. The lowest BCUT2D eigenvalue weighted by molar-refractivity contribution is -0.120. The molecule has 2 aromatic rings. The van der Waals surface area contributed by atoms with E-state index in [-0.39, 0.29) is 5.91 Å². The van der Waals surface area contributed by atoms with Gasteiger partial charge >= 0.3 is 0 Å². The molecule has 0 fully saturated rings. The van der Waals surface area contributed by atoms with Crippen molar-refractivity contribution in [2.45, 2.75) is 13.0 Å². The molecule has 0 saturated heterocycles. The van der Waals surface area contributed by atoms with Crippen LogP contribution in [0.2, 0.25) is 0 Å². The summed E-state index contributed by atoms with van der Waals surface area (Å²) in [5.74, 6) is -0.0137. The van der Waals surface area contributed by atoms with Gasteiger partial charge in [0.15, 0.2) is 0 Å². The average molecular weight is 288 g/mol. The Balaban J connectivity index is 1.77. The van der Waals surface area contributed by atoms with Crippen LogP contribution in [0.25, 0.3) is 0 Å². The van der Waals surface area contributed by atoms with Gasteiger partial charge in [-0.25, -0.2) is 0 Å². The van der Waals surface area contributed by atoms with E-state index < -0.39 is 0 Å². The van der Waals surface area contributed by atoms with Gasteiger partial charge in [-0.05, 0) is 11.6 Å². The number of hydrogen-bond donors (Lipinski definition) is 2. The maximum atomic E-state index is 11.8. The van der Waals surface area contributed by atoms with Crippen molar-refractivity contribution in [1.29, 1.82) is 0 Å². The largest absolute Gasteiger partial charge is 0.389 e. The minimum atomic E-state index is -0.0137. The predicted molar refractivity (Wildman–Crippen MR) is 81.3 cm³/mol. The standard InChI is InChI=1S/C14H16N4OS/c15-14(20)12-4-2-11(3-5-12)10-13(19)16-7-9-18-8-1-6-17-18/h1-6,8H,7,9-10H2,(H2,15,20)(H,16,19). The highest BCUT2D eigenvalue weighted by molar-refractivity contribution is 7.80. The number of amides is 1. The SMILES string of the molecule is NC(=S)c1ccc(CC(=O)NCCn2cccn2)cc1. The Morgan fingerprint density at radius 1 is 1.35 bits per heavy atom. The first-order chi connectivity index (χ1) is 9.65. The van der Waals surface area contributed by atoms with E-state index in [1.54, 1.807) is 10.9 Å². The van der Waals surface area contributed by atoms with Gasteiger partial charge in [-0.15, -0.1) is 0 Å². The summed E-state index contributed by atoms with van der Waals surface area (Å²) in [5.41, 5.74) is 7.26. The minimum absolute atomic E-state index is 0.0137. The molecule has 0 saturated carbocycles. The molecule has 0 radical (unpaired) electrons. The molecule has 1 aromatic carbocycles. The zero-order valence-corrected chi connectivity index (χ0v) is 11.8. The maximum absolute atomic E-state index is 11.8. The van der Waals surface area contributed by atoms with Crippen molar-refractivity contribution in [3.63, 3.8) is 0 Å². The third-order valence-electron chi connectivity index (χ3n) is 2.83. The lowest BCUT2D eigenvalue weighted by atomic mass is 10.1. The van der Waals surface area contributed by atoms with Crippen molar-refractivity contribution >= 4 is 23.1 Å². The Bertz CT molecular complexity index is 578. The third kappa shape index (κ3) is 4.17. The number of carbonyl (C=O) groups excluding carboxylic acids is 1. The van der Waals surface area contributed by atoms with E-state index in [2.05, 4.69) is 10.4 Å². The van der Waals surface area contributed by atoms with Gasteiger partial charge in [0.2, 0.25) is 5.91 Å². The molecular formula is C14H16N4OS. The van der Waals surface area contributed by atoms with Crippen LogP contribution >= 0.6 is 12.2 Å². The molecule has 1 heterocycles. The monoisotopic (exact) mass is 288 g/mol. The van der Waals surface area contributed by atoms with E-state index in [0.717, 1.165) is 11.1 Å². The van der Waals surface area contributed by atoms with Crippen LogP contribution in [0, 0.1) is 0 Å².